The molecule has 0 spiro atoms. The zero-order valence-electron chi connectivity index (χ0n) is 25.8. The Morgan fingerprint density at radius 3 is 1.86 bits per heavy atom. The Labute approximate surface area is 259 Å². The molecule has 0 bridgehead atoms. The second kappa shape index (κ2) is 14.5. The monoisotopic (exact) mass is 597 g/mol. The number of nitrogens with zero attached hydrogens (tertiary/aromatic N) is 8. The SMILES string of the molecule is CCOc1cc(CN2CCC(N(c3ncccn3)C3CCN(Nc4ncccn4)CC3)CC2)cc(OCC)c1-n1cccc1. The molecule has 0 saturated carbocycles. The average molecular weight is 598 g/mol. The number of hydrogen-bond donors (Lipinski definition) is 1. The fourth-order valence-electron chi connectivity index (χ4n) is 6.41. The van der Waals surface area contributed by atoms with E-state index in [1.807, 2.05) is 62.9 Å². The molecular weight excluding hydrogens is 554 g/mol. The number of benzene rings is 1. The van der Waals surface area contributed by atoms with Crippen LogP contribution in [0.2, 0.25) is 0 Å². The Hall–Kier alpha value is -4.22. The van der Waals surface area contributed by atoms with Gasteiger partial charge < -0.3 is 18.9 Å². The predicted octanol–water partition coefficient (Wildman–Crippen LogP) is 4.82. The van der Waals surface area contributed by atoms with Gasteiger partial charge in [0.2, 0.25) is 11.9 Å². The van der Waals surface area contributed by atoms with Crippen LogP contribution in [0.3, 0.4) is 0 Å². The Bertz CT molecular complexity index is 1400. The van der Waals surface area contributed by atoms with E-state index in [0.717, 1.165) is 81.5 Å². The molecule has 0 aliphatic carbocycles. The van der Waals surface area contributed by atoms with Crippen molar-refractivity contribution < 1.29 is 9.47 Å². The molecular formula is C33H43N9O2. The molecule has 6 rings (SSSR count). The normalized spacial score (nSPS) is 17.0. The quantitative estimate of drug-likeness (QED) is 0.245. The van der Waals surface area contributed by atoms with E-state index in [2.05, 4.69) is 46.9 Å². The van der Waals surface area contributed by atoms with Crippen LogP contribution >= 0.6 is 0 Å². The molecule has 0 atom stereocenters. The van der Waals surface area contributed by atoms with E-state index in [9.17, 15) is 0 Å². The summed E-state index contributed by atoms with van der Waals surface area (Å²) in [5, 5.41) is 2.22. The van der Waals surface area contributed by atoms with Crippen molar-refractivity contribution in [2.75, 3.05) is 49.7 Å². The Morgan fingerprint density at radius 2 is 1.30 bits per heavy atom. The van der Waals surface area contributed by atoms with E-state index >= 15 is 0 Å². The number of hydrogen-bond acceptors (Lipinski definition) is 10. The van der Waals surface area contributed by atoms with Crippen molar-refractivity contribution in [1.29, 1.82) is 0 Å². The lowest BCUT2D eigenvalue weighted by molar-refractivity contribution is 0.183. The fraction of sp³-hybridized carbons (Fsp3) is 0.455. The second-order valence-corrected chi connectivity index (χ2v) is 11.3. The van der Waals surface area contributed by atoms with Crippen LogP contribution in [0.25, 0.3) is 5.69 Å². The van der Waals surface area contributed by atoms with Crippen molar-refractivity contribution in [2.45, 2.75) is 58.2 Å². The van der Waals surface area contributed by atoms with Gasteiger partial charge in [-0.2, -0.15) is 0 Å². The van der Waals surface area contributed by atoms with Crippen LogP contribution in [-0.4, -0.2) is 85.9 Å². The summed E-state index contributed by atoms with van der Waals surface area (Å²) in [5.74, 6) is 3.19. The smallest absolute Gasteiger partial charge is 0.237 e. The van der Waals surface area contributed by atoms with E-state index < -0.39 is 0 Å². The first kappa shape index (κ1) is 29.8. The van der Waals surface area contributed by atoms with Gasteiger partial charge in [-0.1, -0.05) is 0 Å². The van der Waals surface area contributed by atoms with Crippen molar-refractivity contribution in [3.05, 3.63) is 79.1 Å². The third-order valence-electron chi connectivity index (χ3n) is 8.38. The zero-order chi connectivity index (χ0) is 30.1. The minimum Gasteiger partial charge on any atom is -0.492 e. The standard InChI is InChI=1S/C33H43N9O2/c1-3-43-29-23-26(24-30(44-4-2)31(29)40-17-5-6-18-40)25-39-19-9-27(10-20-39)42(33-36-15-8-16-37-33)28-11-21-41(22-12-28)38-32-34-13-7-14-35-32/h5-8,13-18,23-24,27-28H,3-4,9-12,19-22,25H2,1-2H3,(H,34,35,38). The molecule has 0 amide bonds. The molecule has 5 heterocycles. The third kappa shape index (κ3) is 7.11. The van der Waals surface area contributed by atoms with E-state index in [-0.39, 0.29) is 0 Å². The number of rotatable bonds is 12. The number of piperidine rings is 2. The number of anilines is 2. The Balaban J connectivity index is 1.12. The average Bonchev–Trinajstić information content (AvgIpc) is 3.59. The van der Waals surface area contributed by atoms with Crippen LogP contribution in [0, 0.1) is 0 Å². The summed E-state index contributed by atoms with van der Waals surface area (Å²) < 4.78 is 14.3. The second-order valence-electron chi connectivity index (χ2n) is 11.3. The first-order chi connectivity index (χ1) is 21.7. The zero-order valence-corrected chi connectivity index (χ0v) is 25.8. The van der Waals surface area contributed by atoms with Crippen molar-refractivity contribution in [2.24, 2.45) is 0 Å². The molecule has 2 aliphatic rings. The van der Waals surface area contributed by atoms with Crippen molar-refractivity contribution in [3.63, 3.8) is 0 Å². The van der Waals surface area contributed by atoms with Gasteiger partial charge >= 0.3 is 0 Å². The van der Waals surface area contributed by atoms with Gasteiger partial charge in [-0.05, 0) is 81.5 Å². The molecule has 2 aliphatic heterocycles. The van der Waals surface area contributed by atoms with E-state index in [1.54, 1.807) is 12.4 Å². The lowest BCUT2D eigenvalue weighted by Gasteiger charge is -2.45. The summed E-state index contributed by atoms with van der Waals surface area (Å²) in [6.07, 6.45) is 15.5. The summed E-state index contributed by atoms with van der Waals surface area (Å²) in [6, 6.07) is 12.9. The highest BCUT2D eigenvalue weighted by molar-refractivity contribution is 5.59. The van der Waals surface area contributed by atoms with Gasteiger partial charge in [0.15, 0.2) is 0 Å². The largest absolute Gasteiger partial charge is 0.492 e. The molecule has 11 heteroatoms. The number of aromatic nitrogens is 5. The van der Waals surface area contributed by atoms with Crippen molar-refractivity contribution in [3.8, 4) is 17.2 Å². The fourth-order valence-corrected chi connectivity index (χ4v) is 6.41. The van der Waals surface area contributed by atoms with Gasteiger partial charge in [0, 0.05) is 82.0 Å². The van der Waals surface area contributed by atoms with Crippen molar-refractivity contribution >= 4 is 11.9 Å². The van der Waals surface area contributed by atoms with Crippen LogP contribution < -0.4 is 19.8 Å². The van der Waals surface area contributed by atoms with Gasteiger partial charge in [-0.25, -0.2) is 24.9 Å². The summed E-state index contributed by atoms with van der Waals surface area (Å²) in [5.41, 5.74) is 5.52. The summed E-state index contributed by atoms with van der Waals surface area (Å²) in [4.78, 5) is 23.1. The van der Waals surface area contributed by atoms with Crippen LogP contribution in [0.4, 0.5) is 11.9 Å². The van der Waals surface area contributed by atoms with Gasteiger partial charge in [0.1, 0.15) is 17.2 Å². The van der Waals surface area contributed by atoms with Gasteiger partial charge in [0.25, 0.3) is 0 Å². The molecule has 4 aromatic rings. The first-order valence-electron chi connectivity index (χ1n) is 15.8. The summed E-state index contributed by atoms with van der Waals surface area (Å²) in [7, 11) is 0. The van der Waals surface area contributed by atoms with Gasteiger partial charge in [-0.3, -0.25) is 10.3 Å². The maximum atomic E-state index is 6.13. The summed E-state index contributed by atoms with van der Waals surface area (Å²) >= 11 is 0. The molecule has 2 saturated heterocycles. The van der Waals surface area contributed by atoms with E-state index in [4.69, 9.17) is 19.4 Å². The summed E-state index contributed by atoms with van der Waals surface area (Å²) in [6.45, 7) is 9.94. The molecule has 2 fully saturated rings. The molecule has 1 aromatic carbocycles. The molecule has 44 heavy (non-hydrogen) atoms. The first-order valence-corrected chi connectivity index (χ1v) is 15.8. The Kier molecular flexibility index (Phi) is 9.83. The minimum atomic E-state index is 0.382. The highest BCUT2D eigenvalue weighted by Crippen LogP contribution is 2.36. The van der Waals surface area contributed by atoms with Gasteiger partial charge in [-0.15, -0.1) is 0 Å². The van der Waals surface area contributed by atoms with Crippen molar-refractivity contribution in [1.82, 2.24) is 34.4 Å². The number of hydrazine groups is 1. The molecule has 0 unspecified atom stereocenters. The minimum absolute atomic E-state index is 0.382. The highest BCUT2D eigenvalue weighted by Gasteiger charge is 2.34. The maximum Gasteiger partial charge on any atom is 0.237 e. The molecule has 0 radical (unpaired) electrons. The van der Waals surface area contributed by atoms with Crippen LogP contribution in [0.15, 0.2) is 73.6 Å². The Morgan fingerprint density at radius 1 is 0.750 bits per heavy atom. The van der Waals surface area contributed by atoms with E-state index in [0.29, 0.717) is 31.2 Å². The molecule has 1 N–H and O–H groups in total. The molecule has 3 aromatic heterocycles. The third-order valence-corrected chi connectivity index (χ3v) is 8.38. The van der Waals surface area contributed by atoms with Gasteiger partial charge in [0.05, 0.1) is 13.2 Å². The van der Waals surface area contributed by atoms with Crippen LogP contribution in [0.5, 0.6) is 11.5 Å². The lowest BCUT2D eigenvalue weighted by Crippen LogP contribution is -2.53. The number of ether oxygens (including phenoxy) is 2. The van der Waals surface area contributed by atoms with E-state index in [1.165, 1.54) is 5.56 Å². The predicted molar refractivity (Wildman–Crippen MR) is 171 cm³/mol. The number of likely N-dealkylation sites (tertiary alicyclic amines) is 1. The van der Waals surface area contributed by atoms with Crippen LogP contribution in [0.1, 0.15) is 45.1 Å². The maximum absolute atomic E-state index is 6.13. The van der Waals surface area contributed by atoms with Crippen LogP contribution in [-0.2, 0) is 6.54 Å². The number of nitrogens with one attached hydrogen (secondary N) is 1. The molecule has 11 nitrogen and oxygen atoms in total. The topological polar surface area (TPSA) is 96.7 Å². The lowest BCUT2D eigenvalue weighted by atomic mass is 9.96. The molecule has 232 valence electrons. The highest BCUT2D eigenvalue weighted by atomic mass is 16.5.